The van der Waals surface area contributed by atoms with Gasteiger partial charge in [-0.15, -0.1) is 13.2 Å². The van der Waals surface area contributed by atoms with Gasteiger partial charge in [0.2, 0.25) is 5.95 Å². The van der Waals surface area contributed by atoms with Crippen molar-refractivity contribution in [3.8, 4) is 11.5 Å². The summed E-state index contributed by atoms with van der Waals surface area (Å²) in [5, 5.41) is 3.26. The van der Waals surface area contributed by atoms with Gasteiger partial charge in [0, 0.05) is 31.5 Å². The third kappa shape index (κ3) is 6.53. The van der Waals surface area contributed by atoms with Crippen molar-refractivity contribution in [2.45, 2.75) is 19.0 Å². The monoisotopic (exact) mass is 514 g/mol. The Morgan fingerprint density at radius 1 is 1.11 bits per heavy atom. The van der Waals surface area contributed by atoms with Crippen molar-refractivity contribution in [1.82, 2.24) is 15.0 Å². The number of benzene rings is 2. The lowest BCUT2D eigenvalue weighted by atomic mass is 10.2. The van der Waals surface area contributed by atoms with Crippen LogP contribution in [0.4, 0.5) is 30.6 Å². The molecule has 3 heterocycles. The van der Waals surface area contributed by atoms with Crippen LogP contribution >= 0.6 is 0 Å². The van der Waals surface area contributed by atoms with Crippen molar-refractivity contribution in [3.05, 3.63) is 66.4 Å². The molecule has 37 heavy (non-hydrogen) atoms. The number of rotatable bonds is 8. The molecule has 1 fully saturated rings. The summed E-state index contributed by atoms with van der Waals surface area (Å²) < 4.78 is 52.3. The zero-order valence-electron chi connectivity index (χ0n) is 19.7. The highest BCUT2D eigenvalue weighted by atomic mass is 19.4. The van der Waals surface area contributed by atoms with Crippen LogP contribution in [0.5, 0.6) is 11.5 Å². The molecule has 5 rings (SSSR count). The van der Waals surface area contributed by atoms with Gasteiger partial charge in [-0.2, -0.15) is 0 Å². The van der Waals surface area contributed by atoms with Crippen LogP contribution in [0.2, 0.25) is 0 Å². The number of fused-ring (bicyclic) bond motifs is 1. The summed E-state index contributed by atoms with van der Waals surface area (Å²) in [6, 6.07) is 14.8. The Morgan fingerprint density at radius 3 is 2.68 bits per heavy atom. The number of halogens is 3. The Morgan fingerprint density at radius 2 is 1.92 bits per heavy atom. The highest BCUT2D eigenvalue weighted by molar-refractivity contribution is 5.80. The number of morpholine rings is 1. The maximum absolute atomic E-state index is 12.3. The summed E-state index contributed by atoms with van der Waals surface area (Å²) >= 11 is 0. The predicted octanol–water partition coefficient (Wildman–Crippen LogP) is 4.34. The van der Waals surface area contributed by atoms with E-state index in [2.05, 4.69) is 29.9 Å². The summed E-state index contributed by atoms with van der Waals surface area (Å²) in [5.41, 5.74) is 9.17. The number of hydrogen-bond donors (Lipinski definition) is 3. The van der Waals surface area contributed by atoms with E-state index in [9.17, 15) is 13.2 Å². The van der Waals surface area contributed by atoms with Gasteiger partial charge < -0.3 is 35.1 Å². The Hall–Kier alpha value is -4.19. The first-order valence-electron chi connectivity index (χ1n) is 11.6. The number of hydrogen-bond acceptors (Lipinski definition) is 8. The largest absolute Gasteiger partial charge is 0.573 e. The van der Waals surface area contributed by atoms with E-state index in [4.69, 9.17) is 15.2 Å². The summed E-state index contributed by atoms with van der Waals surface area (Å²) in [6.07, 6.45) is -3.13. The van der Waals surface area contributed by atoms with Gasteiger partial charge in [-0.3, -0.25) is 0 Å². The molecule has 194 valence electrons. The molecule has 12 heteroatoms. The fourth-order valence-electron chi connectivity index (χ4n) is 3.96. The molecule has 0 saturated carbocycles. The molecule has 2 aromatic carbocycles. The second-order valence-electron chi connectivity index (χ2n) is 8.51. The average molecular weight is 515 g/mol. The lowest BCUT2D eigenvalue weighted by Gasteiger charge is -2.33. The van der Waals surface area contributed by atoms with Crippen molar-refractivity contribution >= 4 is 28.5 Å². The van der Waals surface area contributed by atoms with Gasteiger partial charge in [-0.05, 0) is 54.1 Å². The lowest BCUT2D eigenvalue weighted by Crippen LogP contribution is -2.45. The van der Waals surface area contributed by atoms with E-state index >= 15 is 0 Å². The zero-order chi connectivity index (χ0) is 25.8. The molecule has 2 aromatic heterocycles. The maximum Gasteiger partial charge on any atom is 0.573 e. The van der Waals surface area contributed by atoms with Crippen molar-refractivity contribution < 1.29 is 27.4 Å². The normalized spacial score (nSPS) is 16.1. The molecular weight excluding hydrogens is 489 g/mol. The number of nitrogens with two attached hydrogens (primary N) is 1. The molecule has 0 aliphatic carbocycles. The summed E-state index contributed by atoms with van der Waals surface area (Å²) in [5.74, 6) is 1.61. The molecule has 9 nitrogen and oxygen atoms in total. The molecular formula is C25H25F3N6O3. The standard InChI is InChI=1S/C25H25F3N6O3/c26-25(27,28)37-19-5-3-18(4-6-19)36-15-20-14-34(9-10-35-20)23-8-1-16(12-30-23)13-31-24-32-21-7-2-17(29)11-22(21)33-24/h1-8,11-12,20H,9-10,13-15,29H2,(H2,31,32,33). The molecule has 1 aliphatic rings. The van der Waals surface area contributed by atoms with Gasteiger partial charge in [-0.25, -0.2) is 9.97 Å². The van der Waals surface area contributed by atoms with Crippen molar-refractivity contribution in [3.63, 3.8) is 0 Å². The topological polar surface area (TPSA) is 111 Å². The number of nitrogens with zero attached hydrogens (tertiary/aromatic N) is 3. The molecule has 0 spiro atoms. The van der Waals surface area contributed by atoms with E-state index in [1.54, 1.807) is 0 Å². The Balaban J connectivity index is 1.11. The van der Waals surface area contributed by atoms with E-state index in [-0.39, 0.29) is 18.5 Å². The first kappa shape index (κ1) is 24.5. The fourth-order valence-corrected chi connectivity index (χ4v) is 3.96. The van der Waals surface area contributed by atoms with Gasteiger partial charge in [-0.1, -0.05) is 6.07 Å². The fraction of sp³-hybridized carbons (Fsp3) is 0.280. The maximum atomic E-state index is 12.3. The van der Waals surface area contributed by atoms with E-state index < -0.39 is 6.36 Å². The third-order valence-corrected chi connectivity index (χ3v) is 5.73. The smallest absolute Gasteiger partial charge is 0.491 e. The Labute approximate surface area is 210 Å². The summed E-state index contributed by atoms with van der Waals surface area (Å²) in [6.45, 7) is 2.57. The van der Waals surface area contributed by atoms with Crippen LogP contribution in [-0.4, -0.2) is 53.7 Å². The van der Waals surface area contributed by atoms with Crippen molar-refractivity contribution in [2.24, 2.45) is 0 Å². The number of pyridine rings is 1. The number of nitrogen functional groups attached to an aromatic ring is 1. The summed E-state index contributed by atoms with van der Waals surface area (Å²) in [4.78, 5) is 14.4. The Bertz CT molecular complexity index is 1330. The first-order valence-corrected chi connectivity index (χ1v) is 11.6. The number of ether oxygens (including phenoxy) is 3. The third-order valence-electron chi connectivity index (χ3n) is 5.73. The van der Waals surface area contributed by atoms with Crippen LogP contribution in [0.3, 0.4) is 0 Å². The summed E-state index contributed by atoms with van der Waals surface area (Å²) in [7, 11) is 0. The predicted molar refractivity (Wildman–Crippen MR) is 133 cm³/mol. The molecule has 0 radical (unpaired) electrons. The molecule has 1 aliphatic heterocycles. The van der Waals surface area contributed by atoms with Crippen LogP contribution in [-0.2, 0) is 11.3 Å². The second-order valence-corrected chi connectivity index (χ2v) is 8.51. The van der Waals surface area contributed by atoms with Gasteiger partial charge in [0.05, 0.1) is 17.6 Å². The van der Waals surface area contributed by atoms with E-state index in [1.165, 1.54) is 24.3 Å². The average Bonchev–Trinajstić information content (AvgIpc) is 3.29. The van der Waals surface area contributed by atoms with Crippen LogP contribution < -0.4 is 25.4 Å². The van der Waals surface area contributed by atoms with Gasteiger partial charge in [0.1, 0.15) is 30.0 Å². The van der Waals surface area contributed by atoms with Gasteiger partial charge in [0.15, 0.2) is 0 Å². The minimum atomic E-state index is -4.73. The minimum Gasteiger partial charge on any atom is -0.491 e. The van der Waals surface area contributed by atoms with Crippen LogP contribution in [0, 0.1) is 0 Å². The van der Waals surface area contributed by atoms with E-state index in [1.807, 2.05) is 36.5 Å². The quantitative estimate of drug-likeness (QED) is 0.298. The van der Waals surface area contributed by atoms with Crippen molar-refractivity contribution in [2.75, 3.05) is 42.3 Å². The SMILES string of the molecule is Nc1ccc2[nH]c(NCc3ccc(N4CCOC(COc5ccc(OC(F)(F)F)cc5)C4)nc3)nc2c1. The number of aromatic amines is 1. The number of aromatic nitrogens is 3. The molecule has 0 bridgehead atoms. The van der Waals surface area contributed by atoms with Crippen LogP contribution in [0.15, 0.2) is 60.8 Å². The molecule has 0 amide bonds. The Kier molecular flexibility index (Phi) is 6.91. The number of alkyl halides is 3. The van der Waals surface area contributed by atoms with Crippen LogP contribution in [0.25, 0.3) is 11.0 Å². The van der Waals surface area contributed by atoms with E-state index in [0.29, 0.717) is 43.6 Å². The molecule has 1 unspecified atom stereocenters. The van der Waals surface area contributed by atoms with Crippen molar-refractivity contribution in [1.29, 1.82) is 0 Å². The highest BCUT2D eigenvalue weighted by Gasteiger charge is 2.31. The molecule has 4 N–H and O–H groups in total. The number of anilines is 3. The van der Waals surface area contributed by atoms with E-state index in [0.717, 1.165) is 22.4 Å². The number of H-pyrrole nitrogens is 1. The van der Waals surface area contributed by atoms with Gasteiger partial charge in [0.25, 0.3) is 0 Å². The van der Waals surface area contributed by atoms with Gasteiger partial charge >= 0.3 is 6.36 Å². The van der Waals surface area contributed by atoms with Crippen LogP contribution in [0.1, 0.15) is 5.56 Å². The molecule has 1 atom stereocenters. The zero-order valence-corrected chi connectivity index (χ0v) is 19.7. The first-order chi connectivity index (χ1) is 17.8. The number of imidazole rings is 1. The molecule has 4 aromatic rings. The minimum absolute atomic E-state index is 0.217. The lowest BCUT2D eigenvalue weighted by molar-refractivity contribution is -0.274. The number of nitrogens with one attached hydrogen (secondary N) is 2. The second kappa shape index (κ2) is 10.4. The molecule has 1 saturated heterocycles. The highest BCUT2D eigenvalue weighted by Crippen LogP contribution is 2.25.